The molecule has 0 aliphatic carbocycles. The van der Waals surface area contributed by atoms with E-state index in [1.54, 1.807) is 6.07 Å². The van der Waals surface area contributed by atoms with Crippen molar-refractivity contribution >= 4 is 17.5 Å². The normalized spacial score (nSPS) is 10.4. The number of benzene rings is 2. The van der Waals surface area contributed by atoms with E-state index in [4.69, 9.17) is 21.1 Å². The molecule has 0 unspecified atom stereocenters. The lowest BCUT2D eigenvalue weighted by Gasteiger charge is -2.13. The molecule has 0 atom stereocenters. The Morgan fingerprint density at radius 1 is 1.04 bits per heavy atom. The van der Waals surface area contributed by atoms with E-state index in [1.165, 1.54) is 0 Å². The van der Waals surface area contributed by atoms with Crippen LogP contribution in [0.2, 0.25) is 5.02 Å². The van der Waals surface area contributed by atoms with E-state index in [2.05, 4.69) is 11.4 Å². The molecule has 25 heavy (non-hydrogen) atoms. The van der Waals surface area contributed by atoms with Crippen LogP contribution in [0.4, 0.5) is 0 Å². The third kappa shape index (κ3) is 5.68. The van der Waals surface area contributed by atoms with E-state index in [1.807, 2.05) is 45.9 Å². The fraction of sp³-hybridized carbons (Fsp3) is 0.350. The number of hydrogen-bond donors (Lipinski definition) is 1. The second-order valence-corrected chi connectivity index (χ2v) is 6.51. The molecule has 0 aliphatic heterocycles. The lowest BCUT2D eigenvalue weighted by molar-refractivity contribution is -0.123. The van der Waals surface area contributed by atoms with Crippen molar-refractivity contribution in [2.75, 3.05) is 19.8 Å². The number of hydrogen-bond acceptors (Lipinski definition) is 3. The molecule has 0 aliphatic rings. The summed E-state index contributed by atoms with van der Waals surface area (Å²) in [7, 11) is 0. The van der Waals surface area contributed by atoms with Gasteiger partial charge >= 0.3 is 0 Å². The summed E-state index contributed by atoms with van der Waals surface area (Å²) in [6.07, 6.45) is 0. The first kappa shape index (κ1) is 19.1. The fourth-order valence-corrected chi connectivity index (χ4v) is 2.54. The first-order valence-corrected chi connectivity index (χ1v) is 8.61. The Morgan fingerprint density at radius 2 is 1.80 bits per heavy atom. The Morgan fingerprint density at radius 3 is 2.52 bits per heavy atom. The van der Waals surface area contributed by atoms with Crippen molar-refractivity contribution < 1.29 is 14.3 Å². The average Bonchev–Trinajstić information content (AvgIpc) is 2.56. The maximum absolute atomic E-state index is 11.9. The minimum Gasteiger partial charge on any atom is -0.492 e. The molecule has 0 heterocycles. The summed E-state index contributed by atoms with van der Waals surface area (Å²) in [5.41, 5.74) is 4.32. The van der Waals surface area contributed by atoms with Gasteiger partial charge in [0, 0.05) is 5.02 Å². The molecule has 4 nitrogen and oxygen atoms in total. The van der Waals surface area contributed by atoms with Gasteiger partial charge in [0.1, 0.15) is 18.1 Å². The van der Waals surface area contributed by atoms with Gasteiger partial charge in [0.15, 0.2) is 6.61 Å². The molecule has 134 valence electrons. The lowest BCUT2D eigenvalue weighted by atomic mass is 10.1. The van der Waals surface area contributed by atoms with Gasteiger partial charge in [0.25, 0.3) is 5.91 Å². The Hall–Kier alpha value is -2.20. The standard InChI is InChI=1S/C20H24ClNO3/c1-13-9-15(3)16(4)19(10-13)25-12-20(23)22-7-8-24-17-6-5-14(2)18(21)11-17/h5-6,9-11H,7-8,12H2,1-4H3,(H,22,23). The highest BCUT2D eigenvalue weighted by molar-refractivity contribution is 6.31. The van der Waals surface area contributed by atoms with E-state index < -0.39 is 0 Å². The highest BCUT2D eigenvalue weighted by Crippen LogP contribution is 2.23. The molecule has 0 fully saturated rings. The Balaban J connectivity index is 1.73. The predicted molar refractivity (Wildman–Crippen MR) is 101 cm³/mol. The summed E-state index contributed by atoms with van der Waals surface area (Å²) in [6, 6.07) is 9.56. The van der Waals surface area contributed by atoms with Gasteiger partial charge in [0.05, 0.1) is 6.54 Å². The van der Waals surface area contributed by atoms with Gasteiger partial charge in [-0.1, -0.05) is 23.7 Å². The highest BCUT2D eigenvalue weighted by Gasteiger charge is 2.07. The van der Waals surface area contributed by atoms with Crippen molar-refractivity contribution in [3.8, 4) is 11.5 Å². The summed E-state index contributed by atoms with van der Waals surface area (Å²) >= 11 is 6.05. The molecule has 0 aromatic heterocycles. The Bertz CT molecular complexity index is 759. The number of halogens is 1. The molecule has 0 saturated heterocycles. The van der Waals surface area contributed by atoms with Crippen LogP contribution in [0.25, 0.3) is 0 Å². The molecule has 2 rings (SSSR count). The Labute approximate surface area is 154 Å². The summed E-state index contributed by atoms with van der Waals surface area (Å²) < 4.78 is 11.2. The van der Waals surface area contributed by atoms with Crippen LogP contribution in [0.3, 0.4) is 0 Å². The molecular weight excluding hydrogens is 338 g/mol. The van der Waals surface area contributed by atoms with Gasteiger partial charge in [-0.15, -0.1) is 0 Å². The van der Waals surface area contributed by atoms with Crippen LogP contribution in [0.5, 0.6) is 11.5 Å². The van der Waals surface area contributed by atoms with Crippen LogP contribution in [0, 0.1) is 27.7 Å². The highest BCUT2D eigenvalue weighted by atomic mass is 35.5. The van der Waals surface area contributed by atoms with Gasteiger partial charge in [-0.05, 0) is 68.1 Å². The molecular formula is C20H24ClNO3. The van der Waals surface area contributed by atoms with Gasteiger partial charge < -0.3 is 14.8 Å². The maximum atomic E-state index is 11.9. The number of carbonyl (C=O) groups is 1. The lowest BCUT2D eigenvalue weighted by Crippen LogP contribution is -2.32. The van der Waals surface area contributed by atoms with Gasteiger partial charge in [-0.25, -0.2) is 0 Å². The van der Waals surface area contributed by atoms with Crippen LogP contribution >= 0.6 is 11.6 Å². The molecule has 5 heteroatoms. The monoisotopic (exact) mass is 361 g/mol. The smallest absolute Gasteiger partial charge is 0.258 e. The molecule has 2 aromatic rings. The van der Waals surface area contributed by atoms with Crippen molar-refractivity contribution in [1.29, 1.82) is 0 Å². The van der Waals surface area contributed by atoms with Crippen molar-refractivity contribution in [2.24, 2.45) is 0 Å². The summed E-state index contributed by atoms with van der Waals surface area (Å²) in [4.78, 5) is 11.9. The Kier molecular flexibility index (Phi) is 6.71. The molecule has 0 saturated carbocycles. The molecule has 0 bridgehead atoms. The van der Waals surface area contributed by atoms with Crippen molar-refractivity contribution in [1.82, 2.24) is 5.32 Å². The van der Waals surface area contributed by atoms with Crippen molar-refractivity contribution in [2.45, 2.75) is 27.7 Å². The summed E-state index contributed by atoms with van der Waals surface area (Å²) in [5.74, 6) is 1.26. The topological polar surface area (TPSA) is 47.6 Å². The summed E-state index contributed by atoms with van der Waals surface area (Å²) in [5, 5.41) is 3.44. The largest absolute Gasteiger partial charge is 0.492 e. The molecule has 0 spiro atoms. The van der Waals surface area contributed by atoms with Gasteiger partial charge in [-0.3, -0.25) is 4.79 Å². The molecule has 2 aromatic carbocycles. The number of aryl methyl sites for hydroxylation is 3. The van der Waals surface area contributed by atoms with Crippen LogP contribution in [-0.2, 0) is 4.79 Å². The van der Waals surface area contributed by atoms with Crippen molar-refractivity contribution in [3.05, 3.63) is 57.6 Å². The van der Waals surface area contributed by atoms with E-state index in [0.717, 1.165) is 28.0 Å². The van der Waals surface area contributed by atoms with Crippen LogP contribution in [-0.4, -0.2) is 25.7 Å². The number of carbonyl (C=O) groups excluding carboxylic acids is 1. The number of ether oxygens (including phenoxy) is 2. The number of nitrogens with one attached hydrogen (secondary N) is 1. The quantitative estimate of drug-likeness (QED) is 0.754. The van der Waals surface area contributed by atoms with E-state index in [-0.39, 0.29) is 12.5 Å². The zero-order valence-electron chi connectivity index (χ0n) is 15.1. The van der Waals surface area contributed by atoms with Gasteiger partial charge in [-0.2, -0.15) is 0 Å². The van der Waals surface area contributed by atoms with Gasteiger partial charge in [0.2, 0.25) is 0 Å². The van der Waals surface area contributed by atoms with Crippen LogP contribution in [0.1, 0.15) is 22.3 Å². The van der Waals surface area contributed by atoms with E-state index in [0.29, 0.717) is 23.9 Å². The molecule has 1 N–H and O–H groups in total. The van der Waals surface area contributed by atoms with E-state index in [9.17, 15) is 4.79 Å². The van der Waals surface area contributed by atoms with Crippen molar-refractivity contribution in [3.63, 3.8) is 0 Å². The second kappa shape index (κ2) is 8.77. The third-order valence-electron chi connectivity index (χ3n) is 3.96. The van der Waals surface area contributed by atoms with Crippen LogP contribution < -0.4 is 14.8 Å². The first-order chi connectivity index (χ1) is 11.9. The zero-order valence-corrected chi connectivity index (χ0v) is 15.9. The first-order valence-electron chi connectivity index (χ1n) is 8.23. The third-order valence-corrected chi connectivity index (χ3v) is 4.37. The predicted octanol–water partition coefficient (Wildman–Crippen LogP) is 4.15. The maximum Gasteiger partial charge on any atom is 0.258 e. The summed E-state index contributed by atoms with van der Waals surface area (Å²) in [6.45, 7) is 8.72. The van der Waals surface area contributed by atoms with Crippen LogP contribution in [0.15, 0.2) is 30.3 Å². The average molecular weight is 362 g/mol. The minimum atomic E-state index is -0.177. The minimum absolute atomic E-state index is 0.0138. The molecule has 0 radical (unpaired) electrons. The van der Waals surface area contributed by atoms with E-state index >= 15 is 0 Å². The number of rotatable bonds is 7. The number of amides is 1. The fourth-order valence-electron chi connectivity index (χ4n) is 2.37. The second-order valence-electron chi connectivity index (χ2n) is 6.10. The molecule has 1 amide bonds. The SMILES string of the molecule is Cc1cc(C)c(C)c(OCC(=O)NCCOc2ccc(C)c(Cl)c2)c1. The zero-order chi connectivity index (χ0) is 18.4.